The van der Waals surface area contributed by atoms with Crippen molar-refractivity contribution >= 4 is 23.5 Å². The smallest absolute Gasteiger partial charge is 0.326 e. The summed E-state index contributed by atoms with van der Waals surface area (Å²) in [5, 5.41) is 14.1. The molecule has 0 spiro atoms. The third kappa shape index (κ3) is 6.56. The maximum Gasteiger partial charge on any atom is 0.326 e. The number of carbonyl (C=O) groups excluding carboxylic acids is 2. The molecule has 1 aliphatic heterocycles. The summed E-state index contributed by atoms with van der Waals surface area (Å²) in [5.41, 5.74) is 1.46. The van der Waals surface area contributed by atoms with Crippen molar-refractivity contribution in [2.24, 2.45) is 5.92 Å². The molecule has 27 heavy (non-hydrogen) atoms. The van der Waals surface area contributed by atoms with Gasteiger partial charge in [-0.25, -0.2) is 4.79 Å². The van der Waals surface area contributed by atoms with Gasteiger partial charge >= 0.3 is 5.97 Å². The van der Waals surface area contributed by atoms with Gasteiger partial charge in [0.25, 0.3) is 5.91 Å². The summed E-state index contributed by atoms with van der Waals surface area (Å²) in [5.74, 6) is -1.86. The highest BCUT2D eigenvalue weighted by molar-refractivity contribution is 5.97. The monoisotopic (exact) mass is 377 g/mol. The number of anilines is 1. The maximum absolute atomic E-state index is 12.2. The number of aliphatic carboxylic acids is 1. The van der Waals surface area contributed by atoms with Crippen LogP contribution in [0.4, 0.5) is 5.69 Å². The standard InChI is InChI=1S/C19H27N3O5/c1-13(2)11-16(19(25)26)21-17(23)12-20-18(24)14-3-5-15(6-4-14)22-7-9-27-10-8-22/h3-6,13,16H,7-12H2,1-2H3,(H,20,24)(H,21,23)(H,25,26)/t16-/m0/s1. The molecule has 0 radical (unpaired) electrons. The number of ether oxygens (including phenoxy) is 1. The van der Waals surface area contributed by atoms with E-state index in [9.17, 15) is 14.4 Å². The lowest BCUT2D eigenvalue weighted by atomic mass is 10.0. The topological polar surface area (TPSA) is 108 Å². The summed E-state index contributed by atoms with van der Waals surface area (Å²) in [6.07, 6.45) is 0.331. The second kappa shape index (κ2) is 9.91. The van der Waals surface area contributed by atoms with Gasteiger partial charge in [0, 0.05) is 24.3 Å². The van der Waals surface area contributed by atoms with Crippen LogP contribution >= 0.6 is 0 Å². The van der Waals surface area contributed by atoms with Gasteiger partial charge in [0.05, 0.1) is 19.8 Å². The molecule has 0 aromatic heterocycles. The summed E-state index contributed by atoms with van der Waals surface area (Å²) in [6, 6.07) is 6.18. The predicted octanol–water partition coefficient (Wildman–Crippen LogP) is 0.869. The van der Waals surface area contributed by atoms with Crippen LogP contribution in [0.1, 0.15) is 30.6 Å². The molecule has 0 aliphatic carbocycles. The van der Waals surface area contributed by atoms with E-state index in [2.05, 4.69) is 15.5 Å². The zero-order chi connectivity index (χ0) is 19.8. The molecule has 1 atom stereocenters. The lowest BCUT2D eigenvalue weighted by Gasteiger charge is -2.28. The number of benzene rings is 1. The van der Waals surface area contributed by atoms with E-state index in [1.54, 1.807) is 12.1 Å². The minimum absolute atomic E-state index is 0.131. The molecular weight excluding hydrogens is 350 g/mol. The average molecular weight is 377 g/mol. The SMILES string of the molecule is CC(C)C[C@H](NC(=O)CNC(=O)c1ccc(N2CCOCC2)cc1)C(=O)O. The number of hydrogen-bond acceptors (Lipinski definition) is 5. The van der Waals surface area contributed by atoms with Crippen LogP contribution in [0, 0.1) is 5.92 Å². The van der Waals surface area contributed by atoms with Crippen LogP contribution in [0.5, 0.6) is 0 Å². The molecule has 1 fully saturated rings. The highest BCUT2D eigenvalue weighted by Crippen LogP contribution is 2.16. The summed E-state index contributed by atoms with van der Waals surface area (Å²) in [4.78, 5) is 37.5. The van der Waals surface area contributed by atoms with E-state index < -0.39 is 17.9 Å². The van der Waals surface area contributed by atoms with Gasteiger partial charge in [0.1, 0.15) is 6.04 Å². The van der Waals surface area contributed by atoms with Gasteiger partial charge in [0.15, 0.2) is 0 Å². The molecule has 3 N–H and O–H groups in total. The molecular formula is C19H27N3O5. The number of hydrogen-bond donors (Lipinski definition) is 3. The van der Waals surface area contributed by atoms with Crippen LogP contribution in [-0.4, -0.2) is 61.8 Å². The first kappa shape index (κ1) is 20.7. The van der Waals surface area contributed by atoms with E-state index in [0.29, 0.717) is 25.2 Å². The molecule has 1 saturated heterocycles. The summed E-state index contributed by atoms with van der Waals surface area (Å²) < 4.78 is 5.32. The first-order chi connectivity index (χ1) is 12.9. The van der Waals surface area contributed by atoms with Crippen molar-refractivity contribution in [3.63, 3.8) is 0 Å². The zero-order valence-electron chi connectivity index (χ0n) is 15.7. The molecule has 0 saturated carbocycles. The molecule has 2 rings (SSSR count). The number of nitrogens with zero attached hydrogens (tertiary/aromatic N) is 1. The second-order valence-corrected chi connectivity index (χ2v) is 6.92. The van der Waals surface area contributed by atoms with Crippen LogP contribution in [-0.2, 0) is 14.3 Å². The van der Waals surface area contributed by atoms with Gasteiger partial charge in [0.2, 0.25) is 5.91 Å². The molecule has 2 amide bonds. The summed E-state index contributed by atoms with van der Waals surface area (Å²) >= 11 is 0. The van der Waals surface area contributed by atoms with Crippen molar-refractivity contribution in [2.45, 2.75) is 26.3 Å². The van der Waals surface area contributed by atoms with E-state index >= 15 is 0 Å². The van der Waals surface area contributed by atoms with E-state index in [4.69, 9.17) is 9.84 Å². The lowest BCUT2D eigenvalue weighted by molar-refractivity contribution is -0.142. The van der Waals surface area contributed by atoms with Gasteiger partial charge in [-0.05, 0) is 36.6 Å². The number of carbonyl (C=O) groups is 3. The number of rotatable bonds is 8. The number of carboxylic acids is 1. The van der Waals surface area contributed by atoms with Crippen molar-refractivity contribution in [1.82, 2.24) is 10.6 Å². The quantitative estimate of drug-likeness (QED) is 0.620. The molecule has 1 heterocycles. The van der Waals surface area contributed by atoms with E-state index in [-0.39, 0.29) is 18.4 Å². The minimum atomic E-state index is -1.08. The van der Waals surface area contributed by atoms with E-state index in [0.717, 1.165) is 18.8 Å². The third-order valence-corrected chi connectivity index (χ3v) is 4.26. The Labute approximate surface area is 158 Å². The molecule has 0 unspecified atom stereocenters. The first-order valence-corrected chi connectivity index (χ1v) is 9.10. The van der Waals surface area contributed by atoms with Gasteiger partial charge in [-0.1, -0.05) is 13.8 Å². The molecule has 1 aromatic carbocycles. The molecule has 1 aromatic rings. The van der Waals surface area contributed by atoms with Crippen LogP contribution in [0.2, 0.25) is 0 Å². The molecule has 0 bridgehead atoms. The first-order valence-electron chi connectivity index (χ1n) is 9.10. The molecule has 8 nitrogen and oxygen atoms in total. The van der Waals surface area contributed by atoms with Crippen LogP contribution in [0.3, 0.4) is 0 Å². The Morgan fingerprint density at radius 2 is 1.78 bits per heavy atom. The van der Waals surface area contributed by atoms with Crippen molar-refractivity contribution in [1.29, 1.82) is 0 Å². The maximum atomic E-state index is 12.2. The van der Waals surface area contributed by atoms with E-state index in [1.807, 2.05) is 26.0 Å². The fraction of sp³-hybridized carbons (Fsp3) is 0.526. The Kier molecular flexibility index (Phi) is 7.60. The Balaban J connectivity index is 1.83. The Hall–Kier alpha value is -2.61. The molecule has 8 heteroatoms. The average Bonchev–Trinajstić information content (AvgIpc) is 2.66. The van der Waals surface area contributed by atoms with Crippen LogP contribution in [0.15, 0.2) is 24.3 Å². The zero-order valence-corrected chi connectivity index (χ0v) is 15.7. The Morgan fingerprint density at radius 3 is 2.33 bits per heavy atom. The van der Waals surface area contributed by atoms with E-state index in [1.165, 1.54) is 0 Å². The van der Waals surface area contributed by atoms with Gasteiger partial charge in [-0.2, -0.15) is 0 Å². The van der Waals surface area contributed by atoms with Crippen molar-refractivity contribution in [3.8, 4) is 0 Å². The fourth-order valence-corrected chi connectivity index (χ4v) is 2.85. The second-order valence-electron chi connectivity index (χ2n) is 6.92. The Bertz CT molecular complexity index is 654. The van der Waals surface area contributed by atoms with Crippen LogP contribution in [0.25, 0.3) is 0 Å². The highest BCUT2D eigenvalue weighted by atomic mass is 16.5. The fourth-order valence-electron chi connectivity index (χ4n) is 2.85. The molecule has 1 aliphatic rings. The van der Waals surface area contributed by atoms with Gasteiger partial charge < -0.3 is 25.4 Å². The largest absolute Gasteiger partial charge is 0.480 e. The van der Waals surface area contributed by atoms with Crippen molar-refractivity contribution in [2.75, 3.05) is 37.7 Å². The number of carboxylic acid groups (broad SMARTS) is 1. The van der Waals surface area contributed by atoms with Gasteiger partial charge in [-0.15, -0.1) is 0 Å². The highest BCUT2D eigenvalue weighted by Gasteiger charge is 2.21. The Morgan fingerprint density at radius 1 is 1.15 bits per heavy atom. The number of nitrogens with one attached hydrogen (secondary N) is 2. The number of morpholine rings is 1. The number of amides is 2. The molecule has 148 valence electrons. The summed E-state index contributed by atoms with van der Waals surface area (Å²) in [6.45, 7) is 6.48. The third-order valence-electron chi connectivity index (χ3n) is 4.26. The van der Waals surface area contributed by atoms with Gasteiger partial charge in [-0.3, -0.25) is 9.59 Å². The van der Waals surface area contributed by atoms with Crippen molar-refractivity contribution < 1.29 is 24.2 Å². The predicted molar refractivity (Wildman–Crippen MR) is 101 cm³/mol. The lowest BCUT2D eigenvalue weighted by Crippen LogP contribution is -2.46. The van der Waals surface area contributed by atoms with Crippen LogP contribution < -0.4 is 15.5 Å². The normalized spacial score (nSPS) is 15.3. The van der Waals surface area contributed by atoms with Crippen molar-refractivity contribution in [3.05, 3.63) is 29.8 Å². The summed E-state index contributed by atoms with van der Waals surface area (Å²) in [7, 11) is 0. The minimum Gasteiger partial charge on any atom is -0.480 e.